The quantitative estimate of drug-likeness (QED) is 0.498. The van der Waals surface area contributed by atoms with Crippen molar-refractivity contribution < 1.29 is 19.1 Å². The second-order valence-electron chi connectivity index (χ2n) is 2.83. The van der Waals surface area contributed by atoms with Gasteiger partial charge in [-0.2, -0.15) is 0 Å². The van der Waals surface area contributed by atoms with E-state index in [4.69, 9.17) is 9.47 Å². The summed E-state index contributed by atoms with van der Waals surface area (Å²) in [6.07, 6.45) is -0.420. The van der Waals surface area contributed by atoms with Gasteiger partial charge in [-0.3, -0.25) is 0 Å². The molecular formula is C10H16O4. The first-order chi connectivity index (χ1) is 6.52. The normalized spacial score (nSPS) is 11.6. The van der Waals surface area contributed by atoms with Crippen LogP contribution in [0.2, 0.25) is 0 Å². The zero-order valence-electron chi connectivity index (χ0n) is 8.83. The van der Waals surface area contributed by atoms with Crippen LogP contribution in [0.1, 0.15) is 27.2 Å². The van der Waals surface area contributed by atoms with Crippen LogP contribution in [0.25, 0.3) is 0 Å². The van der Waals surface area contributed by atoms with Gasteiger partial charge in [-0.1, -0.05) is 13.5 Å². The highest BCUT2D eigenvalue weighted by Gasteiger charge is 2.22. The lowest BCUT2D eigenvalue weighted by Gasteiger charge is -2.14. The first kappa shape index (κ1) is 12.7. The van der Waals surface area contributed by atoms with Gasteiger partial charge in [-0.05, 0) is 20.3 Å². The molecule has 0 saturated heterocycles. The third kappa shape index (κ3) is 4.07. The SMILES string of the molecule is C=C(C)C(=O)OC(CC)C(=O)OCC. The smallest absolute Gasteiger partial charge is 0.347 e. The molecule has 0 N–H and O–H groups in total. The molecule has 4 heteroatoms. The van der Waals surface area contributed by atoms with Crippen LogP contribution < -0.4 is 0 Å². The van der Waals surface area contributed by atoms with Crippen molar-refractivity contribution in [1.82, 2.24) is 0 Å². The lowest BCUT2D eigenvalue weighted by atomic mass is 10.2. The predicted molar refractivity (Wildman–Crippen MR) is 51.6 cm³/mol. The molecule has 80 valence electrons. The van der Waals surface area contributed by atoms with Gasteiger partial charge in [0.25, 0.3) is 0 Å². The fourth-order valence-electron chi connectivity index (χ4n) is 0.763. The lowest BCUT2D eigenvalue weighted by Crippen LogP contribution is -2.28. The highest BCUT2D eigenvalue weighted by Crippen LogP contribution is 2.04. The largest absolute Gasteiger partial charge is 0.463 e. The van der Waals surface area contributed by atoms with Crippen LogP contribution >= 0.6 is 0 Å². The monoisotopic (exact) mass is 200 g/mol. The fraction of sp³-hybridized carbons (Fsp3) is 0.600. The van der Waals surface area contributed by atoms with Gasteiger partial charge in [0.15, 0.2) is 6.10 Å². The summed E-state index contributed by atoms with van der Waals surface area (Å²) in [5.41, 5.74) is 0.271. The summed E-state index contributed by atoms with van der Waals surface area (Å²) < 4.78 is 9.59. The summed E-state index contributed by atoms with van der Waals surface area (Å²) in [6.45, 7) is 8.67. The van der Waals surface area contributed by atoms with E-state index >= 15 is 0 Å². The molecule has 4 nitrogen and oxygen atoms in total. The maximum absolute atomic E-state index is 11.2. The van der Waals surface area contributed by atoms with Crippen molar-refractivity contribution in [2.75, 3.05) is 6.61 Å². The summed E-state index contributed by atoms with van der Waals surface area (Å²) in [6, 6.07) is 0. The molecule has 0 amide bonds. The number of ether oxygens (including phenoxy) is 2. The van der Waals surface area contributed by atoms with Crippen molar-refractivity contribution in [3.8, 4) is 0 Å². The number of hydrogen-bond donors (Lipinski definition) is 0. The van der Waals surface area contributed by atoms with E-state index in [1.165, 1.54) is 6.92 Å². The van der Waals surface area contributed by atoms with Crippen molar-refractivity contribution >= 4 is 11.9 Å². The van der Waals surface area contributed by atoms with Crippen molar-refractivity contribution in [2.24, 2.45) is 0 Å². The van der Waals surface area contributed by atoms with E-state index in [1.54, 1.807) is 13.8 Å². The number of carbonyl (C=O) groups is 2. The van der Waals surface area contributed by atoms with E-state index in [0.717, 1.165) is 0 Å². The molecule has 14 heavy (non-hydrogen) atoms. The average molecular weight is 200 g/mol. The lowest BCUT2D eigenvalue weighted by molar-refractivity contribution is -0.165. The second kappa shape index (κ2) is 6.18. The van der Waals surface area contributed by atoms with E-state index in [-0.39, 0.29) is 12.2 Å². The molecule has 0 aromatic heterocycles. The van der Waals surface area contributed by atoms with Crippen LogP contribution in [-0.4, -0.2) is 24.6 Å². The molecule has 0 spiro atoms. The highest BCUT2D eigenvalue weighted by atomic mass is 16.6. The molecule has 0 bridgehead atoms. The highest BCUT2D eigenvalue weighted by molar-refractivity contribution is 5.89. The molecule has 1 atom stereocenters. The Bertz CT molecular complexity index is 232. The summed E-state index contributed by atoms with van der Waals surface area (Å²) in [5, 5.41) is 0. The van der Waals surface area contributed by atoms with Crippen molar-refractivity contribution in [3.05, 3.63) is 12.2 Å². The maximum atomic E-state index is 11.2. The average Bonchev–Trinajstić information content (AvgIpc) is 2.13. The summed E-state index contributed by atoms with van der Waals surface area (Å²) in [4.78, 5) is 22.3. The second-order valence-corrected chi connectivity index (χ2v) is 2.83. The van der Waals surface area contributed by atoms with Crippen molar-refractivity contribution in [1.29, 1.82) is 0 Å². The van der Waals surface area contributed by atoms with Crippen molar-refractivity contribution in [2.45, 2.75) is 33.3 Å². The fourth-order valence-corrected chi connectivity index (χ4v) is 0.763. The minimum absolute atomic E-state index is 0.271. The summed E-state index contributed by atoms with van der Waals surface area (Å²) >= 11 is 0. The molecular weight excluding hydrogens is 184 g/mol. The molecule has 0 aliphatic heterocycles. The van der Waals surface area contributed by atoms with Crippen LogP contribution in [0, 0.1) is 0 Å². The van der Waals surface area contributed by atoms with E-state index in [0.29, 0.717) is 6.42 Å². The molecule has 0 saturated carbocycles. The number of rotatable bonds is 5. The Morgan fingerprint density at radius 2 is 1.93 bits per heavy atom. The zero-order chi connectivity index (χ0) is 11.1. The Kier molecular flexibility index (Phi) is 5.60. The number of carbonyl (C=O) groups excluding carboxylic acids is 2. The van der Waals surface area contributed by atoms with Gasteiger partial charge in [0, 0.05) is 5.57 Å². The Hall–Kier alpha value is -1.32. The topological polar surface area (TPSA) is 52.6 Å². The third-order valence-electron chi connectivity index (χ3n) is 1.52. The minimum Gasteiger partial charge on any atom is -0.463 e. The Balaban J connectivity index is 4.21. The van der Waals surface area contributed by atoms with Gasteiger partial charge in [0.1, 0.15) is 0 Å². The van der Waals surface area contributed by atoms with Crippen LogP contribution in [0.4, 0.5) is 0 Å². The molecule has 0 aromatic carbocycles. The zero-order valence-corrected chi connectivity index (χ0v) is 8.83. The molecule has 0 aliphatic rings. The van der Waals surface area contributed by atoms with Gasteiger partial charge in [-0.25, -0.2) is 9.59 Å². The van der Waals surface area contributed by atoms with Crippen molar-refractivity contribution in [3.63, 3.8) is 0 Å². The van der Waals surface area contributed by atoms with Gasteiger partial charge in [0.05, 0.1) is 6.61 Å². The van der Waals surface area contributed by atoms with Gasteiger partial charge in [0.2, 0.25) is 0 Å². The third-order valence-corrected chi connectivity index (χ3v) is 1.52. The summed E-state index contributed by atoms with van der Waals surface area (Å²) in [5.74, 6) is -1.07. The number of hydrogen-bond acceptors (Lipinski definition) is 4. The van der Waals surface area contributed by atoms with Crippen LogP contribution in [0.3, 0.4) is 0 Å². The molecule has 0 fully saturated rings. The first-order valence-corrected chi connectivity index (χ1v) is 4.56. The molecule has 1 unspecified atom stereocenters. The Morgan fingerprint density at radius 1 is 1.36 bits per heavy atom. The van der Waals surface area contributed by atoms with Gasteiger partial charge >= 0.3 is 11.9 Å². The predicted octanol–water partition coefficient (Wildman–Crippen LogP) is 1.45. The van der Waals surface area contributed by atoms with E-state index < -0.39 is 18.0 Å². The van der Waals surface area contributed by atoms with E-state index in [2.05, 4.69) is 6.58 Å². The van der Waals surface area contributed by atoms with Crippen LogP contribution in [0.15, 0.2) is 12.2 Å². The molecule has 0 heterocycles. The first-order valence-electron chi connectivity index (χ1n) is 4.56. The van der Waals surface area contributed by atoms with Gasteiger partial charge in [-0.15, -0.1) is 0 Å². The molecule has 0 aliphatic carbocycles. The molecule has 0 aromatic rings. The van der Waals surface area contributed by atoms with Gasteiger partial charge < -0.3 is 9.47 Å². The number of esters is 2. The Labute approximate surface area is 83.9 Å². The standard InChI is InChI=1S/C10H16O4/c1-5-8(10(12)13-6-2)14-9(11)7(3)4/h8H,3,5-6H2,1-2,4H3. The maximum Gasteiger partial charge on any atom is 0.347 e. The van der Waals surface area contributed by atoms with E-state index in [1.807, 2.05) is 0 Å². The van der Waals surface area contributed by atoms with Crippen LogP contribution in [-0.2, 0) is 19.1 Å². The van der Waals surface area contributed by atoms with E-state index in [9.17, 15) is 9.59 Å². The summed E-state index contributed by atoms with van der Waals surface area (Å²) in [7, 11) is 0. The molecule has 0 rings (SSSR count). The molecule has 0 radical (unpaired) electrons. The Morgan fingerprint density at radius 3 is 2.29 bits per heavy atom. The minimum atomic E-state index is -0.820. The van der Waals surface area contributed by atoms with Crippen LogP contribution in [0.5, 0.6) is 0 Å².